The summed E-state index contributed by atoms with van der Waals surface area (Å²) in [5.41, 5.74) is 5.82. The lowest BCUT2D eigenvalue weighted by molar-refractivity contribution is -0.142. The van der Waals surface area contributed by atoms with E-state index < -0.39 is 0 Å². The molecule has 182 valence electrons. The smallest absolute Gasteiger partial charge is 0.242 e. The molecule has 0 aromatic heterocycles. The number of carbonyl (C=O) groups is 2. The highest BCUT2D eigenvalue weighted by atomic mass is 16.2. The maximum Gasteiger partial charge on any atom is 0.242 e. The van der Waals surface area contributed by atoms with E-state index in [-0.39, 0.29) is 17.9 Å². The van der Waals surface area contributed by atoms with Gasteiger partial charge in [0.2, 0.25) is 11.8 Å². The second-order valence-electron chi connectivity index (χ2n) is 11.2. The van der Waals surface area contributed by atoms with Crippen molar-refractivity contribution >= 4 is 11.8 Å². The van der Waals surface area contributed by atoms with Crippen LogP contribution in [0, 0.1) is 17.8 Å². The number of likely N-dealkylation sites (tertiary alicyclic amines) is 1. The zero-order valence-electron chi connectivity index (χ0n) is 20.3. The Kier molecular flexibility index (Phi) is 8.49. The van der Waals surface area contributed by atoms with Gasteiger partial charge in [-0.25, -0.2) is 0 Å². The Balaban J connectivity index is 1.34. The van der Waals surface area contributed by atoms with Crippen LogP contribution in [0.25, 0.3) is 0 Å². The van der Waals surface area contributed by atoms with E-state index in [1.54, 1.807) is 6.92 Å². The van der Waals surface area contributed by atoms with E-state index in [1.165, 1.54) is 64.3 Å². The van der Waals surface area contributed by atoms with Gasteiger partial charge in [-0.05, 0) is 88.5 Å². The number of piperidine rings is 1. The average Bonchev–Trinajstić information content (AvgIpc) is 3.67. The number of amides is 2. The lowest BCUT2D eigenvalue weighted by atomic mass is 9.82. The van der Waals surface area contributed by atoms with Crippen molar-refractivity contribution in [2.75, 3.05) is 26.2 Å². The first kappa shape index (κ1) is 24.0. The first-order valence-electron chi connectivity index (χ1n) is 13.6. The van der Waals surface area contributed by atoms with Crippen molar-refractivity contribution in [1.82, 2.24) is 15.1 Å². The summed E-state index contributed by atoms with van der Waals surface area (Å²) in [6, 6.07) is 0.849. The molecular weight excluding hydrogens is 400 g/mol. The second kappa shape index (κ2) is 11.3. The summed E-state index contributed by atoms with van der Waals surface area (Å²) >= 11 is 0. The summed E-state index contributed by atoms with van der Waals surface area (Å²) in [5, 5.41) is 3.24. The molecular formula is C26H46N4O2. The highest BCUT2D eigenvalue weighted by Gasteiger charge is 2.42. The highest BCUT2D eigenvalue weighted by molar-refractivity contribution is 5.87. The molecule has 3 N–H and O–H groups in total. The number of hydrogen-bond acceptors (Lipinski definition) is 4. The number of carbonyl (C=O) groups excluding carboxylic acids is 2. The molecule has 0 bridgehead atoms. The SMILES string of the molecule is CC(=O)N1CCC(N(CC2CCCCC2)C2CC2)C[C@@H]1C(=O)NCC1CCC(CN)CC1. The first-order valence-corrected chi connectivity index (χ1v) is 13.6. The molecule has 6 heteroatoms. The third-order valence-corrected chi connectivity index (χ3v) is 8.83. The summed E-state index contributed by atoms with van der Waals surface area (Å²) in [4.78, 5) is 30.2. The molecule has 4 rings (SSSR count). The number of nitrogens with two attached hydrogens (primary N) is 1. The van der Waals surface area contributed by atoms with Gasteiger partial charge in [-0.15, -0.1) is 0 Å². The van der Waals surface area contributed by atoms with Gasteiger partial charge in [0.05, 0.1) is 0 Å². The minimum atomic E-state index is -0.306. The van der Waals surface area contributed by atoms with Crippen LogP contribution in [0.4, 0.5) is 0 Å². The third kappa shape index (κ3) is 6.25. The van der Waals surface area contributed by atoms with Crippen molar-refractivity contribution in [1.29, 1.82) is 0 Å². The molecule has 4 fully saturated rings. The van der Waals surface area contributed by atoms with E-state index in [1.807, 2.05) is 4.90 Å². The summed E-state index contributed by atoms with van der Waals surface area (Å²) in [5.74, 6) is 2.15. The van der Waals surface area contributed by atoms with Crippen molar-refractivity contribution in [3.05, 3.63) is 0 Å². The molecule has 0 spiro atoms. The van der Waals surface area contributed by atoms with E-state index in [2.05, 4.69) is 10.2 Å². The lowest BCUT2D eigenvalue weighted by Crippen LogP contribution is -2.58. The van der Waals surface area contributed by atoms with E-state index in [4.69, 9.17) is 5.73 Å². The summed E-state index contributed by atoms with van der Waals surface area (Å²) < 4.78 is 0. The fraction of sp³-hybridized carbons (Fsp3) is 0.923. The van der Waals surface area contributed by atoms with Gasteiger partial charge in [-0.1, -0.05) is 19.3 Å². The normalized spacial score (nSPS) is 32.2. The lowest BCUT2D eigenvalue weighted by Gasteiger charge is -2.44. The van der Waals surface area contributed by atoms with E-state index in [0.29, 0.717) is 30.5 Å². The van der Waals surface area contributed by atoms with Crippen LogP contribution in [-0.4, -0.2) is 65.9 Å². The monoisotopic (exact) mass is 446 g/mol. The van der Waals surface area contributed by atoms with Crippen LogP contribution < -0.4 is 11.1 Å². The van der Waals surface area contributed by atoms with Crippen LogP contribution in [0.1, 0.15) is 90.4 Å². The minimum Gasteiger partial charge on any atom is -0.354 e. The number of rotatable bonds is 8. The van der Waals surface area contributed by atoms with Crippen LogP contribution >= 0.6 is 0 Å². The van der Waals surface area contributed by atoms with E-state index >= 15 is 0 Å². The largest absolute Gasteiger partial charge is 0.354 e. The predicted molar refractivity (Wildman–Crippen MR) is 128 cm³/mol. The zero-order chi connectivity index (χ0) is 22.5. The van der Waals surface area contributed by atoms with Crippen LogP contribution in [0.5, 0.6) is 0 Å². The Bertz CT molecular complexity index is 623. The summed E-state index contributed by atoms with van der Waals surface area (Å²) in [7, 11) is 0. The van der Waals surface area contributed by atoms with Crippen molar-refractivity contribution in [2.45, 2.75) is 109 Å². The summed E-state index contributed by atoms with van der Waals surface area (Å²) in [6.45, 7) is 5.07. The Morgan fingerprint density at radius 3 is 2.19 bits per heavy atom. The molecule has 1 heterocycles. The van der Waals surface area contributed by atoms with Crippen LogP contribution in [0.15, 0.2) is 0 Å². The number of hydrogen-bond donors (Lipinski definition) is 2. The van der Waals surface area contributed by atoms with Crippen molar-refractivity contribution < 1.29 is 9.59 Å². The minimum absolute atomic E-state index is 0.0392. The topological polar surface area (TPSA) is 78.7 Å². The van der Waals surface area contributed by atoms with Gasteiger partial charge < -0.3 is 16.0 Å². The first-order chi connectivity index (χ1) is 15.5. The fourth-order valence-corrected chi connectivity index (χ4v) is 6.58. The highest BCUT2D eigenvalue weighted by Crippen LogP contribution is 2.36. The van der Waals surface area contributed by atoms with Gasteiger partial charge in [0, 0.05) is 38.6 Å². The van der Waals surface area contributed by atoms with Crippen LogP contribution in [-0.2, 0) is 9.59 Å². The van der Waals surface area contributed by atoms with Crippen LogP contribution in [0.2, 0.25) is 0 Å². The molecule has 0 aromatic rings. The third-order valence-electron chi connectivity index (χ3n) is 8.83. The Morgan fingerprint density at radius 1 is 0.875 bits per heavy atom. The zero-order valence-corrected chi connectivity index (χ0v) is 20.3. The van der Waals surface area contributed by atoms with Gasteiger partial charge in [0.25, 0.3) is 0 Å². The van der Waals surface area contributed by atoms with Gasteiger partial charge in [-0.2, -0.15) is 0 Å². The maximum absolute atomic E-state index is 13.3. The molecule has 0 aromatic carbocycles. The predicted octanol–water partition coefficient (Wildman–Crippen LogP) is 3.29. The Morgan fingerprint density at radius 2 is 1.56 bits per heavy atom. The maximum atomic E-state index is 13.3. The molecule has 2 atom stereocenters. The molecule has 1 saturated heterocycles. The molecule has 3 saturated carbocycles. The number of nitrogens with one attached hydrogen (secondary N) is 1. The molecule has 1 unspecified atom stereocenters. The van der Waals surface area contributed by atoms with Crippen molar-refractivity contribution in [3.63, 3.8) is 0 Å². The Labute approximate surface area is 195 Å². The molecule has 0 radical (unpaired) electrons. The quantitative estimate of drug-likeness (QED) is 0.600. The molecule has 4 aliphatic rings. The molecule has 1 aliphatic heterocycles. The van der Waals surface area contributed by atoms with Crippen molar-refractivity contribution in [2.24, 2.45) is 23.5 Å². The number of nitrogens with zero attached hydrogens (tertiary/aromatic N) is 2. The summed E-state index contributed by atoms with van der Waals surface area (Å²) in [6.07, 6.45) is 16.0. The molecule has 3 aliphatic carbocycles. The van der Waals surface area contributed by atoms with Gasteiger partial charge in [-0.3, -0.25) is 14.5 Å². The van der Waals surface area contributed by atoms with Gasteiger partial charge >= 0.3 is 0 Å². The Hall–Kier alpha value is -1.14. The van der Waals surface area contributed by atoms with Crippen molar-refractivity contribution in [3.8, 4) is 0 Å². The fourth-order valence-electron chi connectivity index (χ4n) is 6.58. The van der Waals surface area contributed by atoms with E-state index in [9.17, 15) is 9.59 Å². The molecule has 6 nitrogen and oxygen atoms in total. The average molecular weight is 447 g/mol. The second-order valence-corrected chi connectivity index (χ2v) is 11.2. The molecule has 32 heavy (non-hydrogen) atoms. The van der Waals surface area contributed by atoms with E-state index in [0.717, 1.165) is 44.7 Å². The van der Waals surface area contributed by atoms with Gasteiger partial charge in [0.1, 0.15) is 6.04 Å². The standard InChI is InChI=1S/C26H46N4O2/c1-19(31)29-14-13-24(30(23-11-12-23)18-22-5-3-2-4-6-22)15-25(29)26(32)28-17-21-9-7-20(16-27)8-10-21/h20-25H,2-18,27H2,1H3,(H,28,32)/t20?,21?,24?,25-/m1/s1. The van der Waals surface area contributed by atoms with Crippen LogP contribution in [0.3, 0.4) is 0 Å². The van der Waals surface area contributed by atoms with Gasteiger partial charge in [0.15, 0.2) is 0 Å². The molecule has 2 amide bonds.